The Kier molecular flexibility index (Phi) is 3.83. The van der Waals surface area contributed by atoms with Crippen LogP contribution in [0.15, 0.2) is 0 Å². The lowest BCUT2D eigenvalue weighted by Crippen LogP contribution is -2.56. The summed E-state index contributed by atoms with van der Waals surface area (Å²) in [6.45, 7) is 12.2. The molecule has 0 aromatic heterocycles. The van der Waals surface area contributed by atoms with Gasteiger partial charge in [0, 0.05) is 18.6 Å². The van der Waals surface area contributed by atoms with E-state index in [1.807, 2.05) is 25.7 Å². The van der Waals surface area contributed by atoms with Gasteiger partial charge in [-0.15, -0.1) is 0 Å². The van der Waals surface area contributed by atoms with Gasteiger partial charge < -0.3 is 15.0 Å². The number of carbonyl (C=O) groups excluding carboxylic acids is 1. The largest absolute Gasteiger partial charge is 0.444 e. The molecular formula is C15H28N2O2. The van der Waals surface area contributed by atoms with Crippen molar-refractivity contribution in [1.82, 2.24) is 10.2 Å². The van der Waals surface area contributed by atoms with Gasteiger partial charge in [-0.2, -0.15) is 0 Å². The van der Waals surface area contributed by atoms with Crippen LogP contribution in [0.25, 0.3) is 0 Å². The molecule has 19 heavy (non-hydrogen) atoms. The number of nitrogens with zero attached hydrogens (tertiary/aromatic N) is 1. The Bertz CT molecular complexity index is 333. The molecule has 1 saturated carbocycles. The molecule has 0 spiro atoms. The predicted molar refractivity (Wildman–Crippen MR) is 76.2 cm³/mol. The number of amides is 1. The molecule has 2 rings (SSSR count). The quantitative estimate of drug-likeness (QED) is 0.837. The van der Waals surface area contributed by atoms with Crippen LogP contribution in [-0.4, -0.2) is 41.8 Å². The molecule has 1 aliphatic heterocycles. The first kappa shape index (κ1) is 14.6. The second-order valence-electron chi connectivity index (χ2n) is 7.76. The second kappa shape index (κ2) is 4.97. The minimum Gasteiger partial charge on any atom is -0.444 e. The van der Waals surface area contributed by atoms with Gasteiger partial charge in [0.15, 0.2) is 0 Å². The van der Waals surface area contributed by atoms with Crippen molar-refractivity contribution in [2.75, 3.05) is 13.1 Å². The number of hydrogen-bond acceptors (Lipinski definition) is 3. The maximum atomic E-state index is 12.5. The fraction of sp³-hybridized carbons (Fsp3) is 0.933. The Hall–Kier alpha value is -0.770. The highest BCUT2D eigenvalue weighted by atomic mass is 16.6. The molecule has 1 unspecified atom stereocenters. The van der Waals surface area contributed by atoms with Crippen LogP contribution in [0.1, 0.15) is 53.9 Å². The van der Waals surface area contributed by atoms with Crippen LogP contribution in [0.5, 0.6) is 0 Å². The van der Waals surface area contributed by atoms with Gasteiger partial charge >= 0.3 is 6.09 Å². The zero-order valence-corrected chi connectivity index (χ0v) is 13.0. The summed E-state index contributed by atoms with van der Waals surface area (Å²) in [6, 6.07) is 0.658. The summed E-state index contributed by atoms with van der Waals surface area (Å²) < 4.78 is 5.60. The van der Waals surface area contributed by atoms with E-state index in [0.717, 1.165) is 32.4 Å². The fourth-order valence-electron chi connectivity index (χ4n) is 3.20. The first-order valence-electron chi connectivity index (χ1n) is 7.40. The van der Waals surface area contributed by atoms with E-state index in [0.29, 0.717) is 17.5 Å². The average Bonchev–Trinajstić information content (AvgIpc) is 2.65. The van der Waals surface area contributed by atoms with Crippen LogP contribution in [-0.2, 0) is 4.74 Å². The van der Waals surface area contributed by atoms with Gasteiger partial charge in [0.1, 0.15) is 5.60 Å². The predicted octanol–water partition coefficient (Wildman–Crippen LogP) is 2.77. The normalized spacial score (nSPS) is 26.9. The van der Waals surface area contributed by atoms with E-state index in [1.54, 1.807) is 0 Å². The van der Waals surface area contributed by atoms with Crippen molar-refractivity contribution in [2.24, 2.45) is 5.41 Å². The fourth-order valence-corrected chi connectivity index (χ4v) is 3.20. The average molecular weight is 268 g/mol. The molecule has 1 amide bonds. The molecule has 1 N–H and O–H groups in total. The van der Waals surface area contributed by atoms with Gasteiger partial charge in [-0.1, -0.05) is 13.8 Å². The monoisotopic (exact) mass is 268 g/mol. The summed E-state index contributed by atoms with van der Waals surface area (Å²) in [7, 11) is 0. The summed E-state index contributed by atoms with van der Waals surface area (Å²) >= 11 is 0. The minimum atomic E-state index is -0.416. The molecule has 0 bridgehead atoms. The number of ether oxygens (including phenoxy) is 1. The molecule has 110 valence electrons. The van der Waals surface area contributed by atoms with Gasteiger partial charge in [0.25, 0.3) is 0 Å². The first-order valence-corrected chi connectivity index (χ1v) is 7.40. The van der Waals surface area contributed by atoms with E-state index < -0.39 is 5.60 Å². The van der Waals surface area contributed by atoms with Gasteiger partial charge in [0.05, 0.1) is 0 Å². The van der Waals surface area contributed by atoms with E-state index in [-0.39, 0.29) is 6.09 Å². The highest BCUT2D eigenvalue weighted by Gasteiger charge is 2.45. The molecule has 4 heteroatoms. The molecule has 2 aliphatic rings. The molecule has 4 nitrogen and oxygen atoms in total. The summed E-state index contributed by atoms with van der Waals surface area (Å²) in [6.07, 6.45) is 3.07. The van der Waals surface area contributed by atoms with E-state index in [9.17, 15) is 4.79 Å². The molecule has 2 fully saturated rings. The molecule has 1 atom stereocenters. The minimum absolute atomic E-state index is 0.137. The maximum absolute atomic E-state index is 12.5. The van der Waals surface area contributed by atoms with Crippen molar-refractivity contribution in [3.05, 3.63) is 0 Å². The van der Waals surface area contributed by atoms with E-state index in [4.69, 9.17) is 4.74 Å². The number of nitrogens with one attached hydrogen (secondary N) is 1. The maximum Gasteiger partial charge on any atom is 0.410 e. The van der Waals surface area contributed by atoms with Crippen LogP contribution >= 0.6 is 0 Å². The molecule has 1 saturated heterocycles. The molecule has 1 heterocycles. The lowest BCUT2D eigenvalue weighted by atomic mass is 9.67. The van der Waals surface area contributed by atoms with Crippen LogP contribution < -0.4 is 5.32 Å². The lowest BCUT2D eigenvalue weighted by Gasteiger charge is -2.49. The van der Waals surface area contributed by atoms with Crippen LogP contribution in [0.2, 0.25) is 0 Å². The van der Waals surface area contributed by atoms with E-state index >= 15 is 0 Å². The molecule has 0 radical (unpaired) electrons. The standard InChI is InChI=1S/C15H28N2O2/c1-14(2,3)19-13(18)17(11-6-7-16-10-11)12-8-15(4,5)9-12/h11-12,16H,6-10H2,1-5H3. The molecule has 0 aromatic rings. The zero-order valence-electron chi connectivity index (χ0n) is 13.0. The topological polar surface area (TPSA) is 41.6 Å². The van der Waals surface area contributed by atoms with Gasteiger partial charge in [-0.3, -0.25) is 0 Å². The highest BCUT2D eigenvalue weighted by molar-refractivity contribution is 5.69. The van der Waals surface area contributed by atoms with E-state index in [2.05, 4.69) is 19.2 Å². The van der Waals surface area contributed by atoms with Crippen LogP contribution in [0, 0.1) is 5.41 Å². The van der Waals surface area contributed by atoms with Gasteiger partial charge in [-0.25, -0.2) is 4.79 Å². The number of rotatable bonds is 2. The number of hydrogen-bond donors (Lipinski definition) is 1. The Morgan fingerprint density at radius 1 is 1.26 bits per heavy atom. The zero-order chi connectivity index (χ0) is 14.3. The summed E-state index contributed by atoms with van der Waals surface area (Å²) in [5, 5.41) is 3.34. The van der Waals surface area contributed by atoms with Crippen molar-refractivity contribution < 1.29 is 9.53 Å². The van der Waals surface area contributed by atoms with Gasteiger partial charge in [0.2, 0.25) is 0 Å². The Morgan fingerprint density at radius 2 is 1.89 bits per heavy atom. The SMILES string of the molecule is CC1(C)CC(N(C(=O)OC(C)(C)C)C2CCNC2)C1. The Balaban J connectivity index is 2.04. The first-order chi connectivity index (χ1) is 8.68. The lowest BCUT2D eigenvalue weighted by molar-refractivity contribution is -0.0293. The Labute approximate surface area is 116 Å². The van der Waals surface area contributed by atoms with Crippen molar-refractivity contribution in [3.8, 4) is 0 Å². The highest BCUT2D eigenvalue weighted by Crippen LogP contribution is 2.44. The second-order valence-corrected chi connectivity index (χ2v) is 7.76. The third-order valence-corrected chi connectivity index (χ3v) is 4.00. The summed E-state index contributed by atoms with van der Waals surface area (Å²) in [5.74, 6) is 0. The van der Waals surface area contributed by atoms with Crippen molar-refractivity contribution in [1.29, 1.82) is 0 Å². The van der Waals surface area contributed by atoms with E-state index in [1.165, 1.54) is 0 Å². The summed E-state index contributed by atoms with van der Waals surface area (Å²) in [5.41, 5.74) is -0.0441. The number of carbonyl (C=O) groups is 1. The van der Waals surface area contributed by atoms with Crippen molar-refractivity contribution >= 4 is 6.09 Å². The third kappa shape index (κ3) is 3.62. The van der Waals surface area contributed by atoms with Crippen molar-refractivity contribution in [2.45, 2.75) is 71.6 Å². The Morgan fingerprint density at radius 3 is 2.32 bits per heavy atom. The summed E-state index contributed by atoms with van der Waals surface area (Å²) in [4.78, 5) is 14.5. The van der Waals surface area contributed by atoms with Gasteiger partial charge in [-0.05, 0) is 52.0 Å². The van der Waals surface area contributed by atoms with Crippen LogP contribution in [0.3, 0.4) is 0 Å². The van der Waals surface area contributed by atoms with Crippen LogP contribution in [0.4, 0.5) is 4.79 Å². The smallest absolute Gasteiger partial charge is 0.410 e. The molecular weight excluding hydrogens is 240 g/mol. The third-order valence-electron chi connectivity index (χ3n) is 4.00. The molecule has 0 aromatic carbocycles. The van der Waals surface area contributed by atoms with Crippen molar-refractivity contribution in [3.63, 3.8) is 0 Å². The molecule has 1 aliphatic carbocycles.